The Labute approximate surface area is 188 Å². The maximum absolute atomic E-state index is 12.8. The molecular formula is C24H25N3O4S. The van der Waals surface area contributed by atoms with E-state index in [-0.39, 0.29) is 11.8 Å². The van der Waals surface area contributed by atoms with Crippen LogP contribution < -0.4 is 10.1 Å². The summed E-state index contributed by atoms with van der Waals surface area (Å²) >= 11 is 0. The van der Waals surface area contributed by atoms with Crippen molar-refractivity contribution in [1.82, 2.24) is 9.29 Å². The number of anilines is 1. The molecule has 2 heterocycles. The molecule has 0 radical (unpaired) electrons. The van der Waals surface area contributed by atoms with Crippen LogP contribution in [0.5, 0.6) is 11.5 Å². The predicted molar refractivity (Wildman–Crippen MR) is 122 cm³/mol. The molecule has 0 spiro atoms. The molecular weight excluding hydrogens is 426 g/mol. The van der Waals surface area contributed by atoms with Gasteiger partial charge in [-0.2, -0.15) is 4.31 Å². The third-order valence-corrected chi connectivity index (χ3v) is 7.40. The zero-order valence-corrected chi connectivity index (χ0v) is 18.6. The highest BCUT2D eigenvalue weighted by Gasteiger charge is 2.32. The molecule has 1 aliphatic rings. The molecule has 7 nitrogen and oxygen atoms in total. The highest BCUT2D eigenvalue weighted by molar-refractivity contribution is 7.89. The number of hydrogen-bond acceptors (Lipinski definition) is 5. The van der Waals surface area contributed by atoms with Crippen LogP contribution in [-0.4, -0.2) is 36.7 Å². The average Bonchev–Trinajstić information content (AvgIpc) is 2.81. The van der Waals surface area contributed by atoms with E-state index in [1.54, 1.807) is 73.1 Å². The van der Waals surface area contributed by atoms with Crippen LogP contribution in [0.2, 0.25) is 0 Å². The van der Waals surface area contributed by atoms with Crippen molar-refractivity contribution in [2.45, 2.75) is 24.7 Å². The summed E-state index contributed by atoms with van der Waals surface area (Å²) in [6, 6.07) is 17.5. The number of ether oxygens (including phenoxy) is 1. The summed E-state index contributed by atoms with van der Waals surface area (Å²) in [7, 11) is -3.53. The van der Waals surface area contributed by atoms with Gasteiger partial charge in [-0.15, -0.1) is 0 Å². The average molecular weight is 452 g/mol. The first-order valence-electron chi connectivity index (χ1n) is 10.5. The third-order valence-electron chi connectivity index (χ3n) is 5.49. The normalized spacial score (nSPS) is 15.3. The van der Waals surface area contributed by atoms with Crippen LogP contribution in [0.15, 0.2) is 78.0 Å². The van der Waals surface area contributed by atoms with Crippen LogP contribution in [0.4, 0.5) is 5.69 Å². The fraction of sp³-hybridized carbons (Fsp3) is 0.250. The van der Waals surface area contributed by atoms with Gasteiger partial charge < -0.3 is 10.1 Å². The predicted octanol–water partition coefficient (Wildman–Crippen LogP) is 4.22. The minimum atomic E-state index is -3.53. The highest BCUT2D eigenvalue weighted by atomic mass is 32.2. The standard InChI is InChI=1S/C24H25N3O4S/c1-18-2-8-23(9-3-18)32(29,30)27-16-12-19(13-17-27)24(28)26-20-4-6-21(7-5-20)31-22-10-14-25-15-11-22/h2-11,14-15,19H,12-13,16-17H2,1H3,(H,26,28). The first kappa shape index (κ1) is 22.0. The van der Waals surface area contributed by atoms with Gasteiger partial charge in [0, 0.05) is 37.1 Å². The molecule has 0 atom stereocenters. The number of nitrogens with one attached hydrogen (secondary N) is 1. The van der Waals surface area contributed by atoms with E-state index in [0.29, 0.717) is 48.0 Å². The summed E-state index contributed by atoms with van der Waals surface area (Å²) in [6.45, 7) is 2.57. The maximum atomic E-state index is 12.8. The molecule has 0 bridgehead atoms. The van der Waals surface area contributed by atoms with E-state index in [4.69, 9.17) is 4.74 Å². The second kappa shape index (κ2) is 9.50. The van der Waals surface area contributed by atoms with Gasteiger partial charge in [0.05, 0.1) is 4.90 Å². The molecule has 0 saturated carbocycles. The molecule has 1 amide bonds. The van der Waals surface area contributed by atoms with Crippen LogP contribution in [-0.2, 0) is 14.8 Å². The van der Waals surface area contributed by atoms with Crippen LogP contribution >= 0.6 is 0 Å². The second-order valence-corrected chi connectivity index (χ2v) is 9.73. The molecule has 1 saturated heterocycles. The lowest BCUT2D eigenvalue weighted by atomic mass is 9.97. The molecule has 1 aliphatic heterocycles. The van der Waals surface area contributed by atoms with Gasteiger partial charge in [-0.25, -0.2) is 8.42 Å². The summed E-state index contributed by atoms with van der Waals surface area (Å²) in [4.78, 5) is 16.9. The Balaban J connectivity index is 1.31. The topological polar surface area (TPSA) is 88.6 Å². The monoisotopic (exact) mass is 451 g/mol. The van der Waals surface area contributed by atoms with Crippen molar-refractivity contribution in [1.29, 1.82) is 0 Å². The van der Waals surface area contributed by atoms with Crippen molar-refractivity contribution in [2.24, 2.45) is 5.92 Å². The van der Waals surface area contributed by atoms with Gasteiger partial charge in [0.2, 0.25) is 15.9 Å². The van der Waals surface area contributed by atoms with Crippen molar-refractivity contribution < 1.29 is 17.9 Å². The van der Waals surface area contributed by atoms with E-state index in [0.717, 1.165) is 5.56 Å². The quantitative estimate of drug-likeness (QED) is 0.606. The Hall–Kier alpha value is -3.23. The smallest absolute Gasteiger partial charge is 0.243 e. The SMILES string of the molecule is Cc1ccc(S(=O)(=O)N2CCC(C(=O)Nc3ccc(Oc4ccncc4)cc3)CC2)cc1. The summed E-state index contributed by atoms with van der Waals surface area (Å²) in [5.41, 5.74) is 1.68. The molecule has 1 aromatic heterocycles. The van der Waals surface area contributed by atoms with E-state index >= 15 is 0 Å². The zero-order valence-electron chi connectivity index (χ0n) is 17.8. The number of carbonyl (C=O) groups excluding carboxylic acids is 1. The Morgan fingerprint density at radius 2 is 1.53 bits per heavy atom. The molecule has 0 aliphatic carbocycles. The van der Waals surface area contributed by atoms with Crippen molar-refractivity contribution in [3.63, 3.8) is 0 Å². The minimum Gasteiger partial charge on any atom is -0.457 e. The lowest BCUT2D eigenvalue weighted by Gasteiger charge is -2.30. The van der Waals surface area contributed by atoms with Crippen molar-refractivity contribution in [3.8, 4) is 11.5 Å². The first-order chi connectivity index (χ1) is 15.4. The molecule has 32 heavy (non-hydrogen) atoms. The number of nitrogens with zero attached hydrogens (tertiary/aromatic N) is 2. The summed E-state index contributed by atoms with van der Waals surface area (Å²) in [5.74, 6) is 1.01. The molecule has 4 rings (SSSR count). The summed E-state index contributed by atoms with van der Waals surface area (Å²) in [6.07, 6.45) is 4.28. The Morgan fingerprint density at radius 1 is 0.938 bits per heavy atom. The number of amides is 1. The van der Waals surface area contributed by atoms with Gasteiger partial charge in [-0.1, -0.05) is 17.7 Å². The number of piperidine rings is 1. The van der Waals surface area contributed by atoms with Crippen molar-refractivity contribution in [3.05, 3.63) is 78.6 Å². The highest BCUT2D eigenvalue weighted by Crippen LogP contribution is 2.26. The second-order valence-electron chi connectivity index (χ2n) is 7.79. The zero-order chi connectivity index (χ0) is 22.6. The summed E-state index contributed by atoms with van der Waals surface area (Å²) < 4.78 is 32.9. The lowest BCUT2D eigenvalue weighted by Crippen LogP contribution is -2.41. The van der Waals surface area contributed by atoms with Crippen molar-refractivity contribution >= 4 is 21.6 Å². The number of pyridine rings is 1. The van der Waals surface area contributed by atoms with E-state index in [1.165, 1.54) is 4.31 Å². The number of aryl methyl sites for hydroxylation is 1. The molecule has 0 unspecified atom stereocenters. The molecule has 1 N–H and O–H groups in total. The van der Waals surface area contributed by atoms with E-state index in [2.05, 4.69) is 10.3 Å². The fourth-order valence-electron chi connectivity index (χ4n) is 3.61. The molecule has 1 fully saturated rings. The van der Waals surface area contributed by atoms with Gasteiger partial charge in [-0.05, 0) is 68.3 Å². The van der Waals surface area contributed by atoms with Gasteiger partial charge in [0.15, 0.2) is 0 Å². The molecule has 8 heteroatoms. The number of aromatic nitrogens is 1. The number of carbonyl (C=O) groups is 1. The van der Waals surface area contributed by atoms with Gasteiger partial charge in [0.1, 0.15) is 11.5 Å². The van der Waals surface area contributed by atoms with Crippen LogP contribution in [0.25, 0.3) is 0 Å². The number of rotatable bonds is 6. The third kappa shape index (κ3) is 5.15. The number of sulfonamides is 1. The first-order valence-corrected chi connectivity index (χ1v) is 11.9. The van der Waals surface area contributed by atoms with Crippen molar-refractivity contribution in [2.75, 3.05) is 18.4 Å². The lowest BCUT2D eigenvalue weighted by molar-refractivity contribution is -0.120. The maximum Gasteiger partial charge on any atom is 0.243 e. The van der Waals surface area contributed by atoms with Gasteiger partial charge in [0.25, 0.3) is 0 Å². The van der Waals surface area contributed by atoms with Gasteiger partial charge in [-0.3, -0.25) is 9.78 Å². The number of benzene rings is 2. The Bertz CT molecular complexity index is 1160. The Morgan fingerprint density at radius 3 is 2.16 bits per heavy atom. The van der Waals surface area contributed by atoms with Crippen LogP contribution in [0.3, 0.4) is 0 Å². The molecule has 166 valence electrons. The van der Waals surface area contributed by atoms with E-state index in [1.807, 2.05) is 6.92 Å². The van der Waals surface area contributed by atoms with E-state index in [9.17, 15) is 13.2 Å². The van der Waals surface area contributed by atoms with Crippen LogP contribution in [0, 0.1) is 12.8 Å². The molecule has 2 aromatic carbocycles. The number of hydrogen-bond donors (Lipinski definition) is 1. The largest absolute Gasteiger partial charge is 0.457 e. The van der Waals surface area contributed by atoms with Gasteiger partial charge >= 0.3 is 0 Å². The fourth-order valence-corrected chi connectivity index (χ4v) is 5.08. The Kier molecular flexibility index (Phi) is 6.53. The summed E-state index contributed by atoms with van der Waals surface area (Å²) in [5, 5.41) is 2.92. The minimum absolute atomic E-state index is 0.0971. The van der Waals surface area contributed by atoms with Crippen LogP contribution in [0.1, 0.15) is 18.4 Å². The van der Waals surface area contributed by atoms with E-state index < -0.39 is 10.0 Å². The molecule has 3 aromatic rings.